The first-order valence-electron chi connectivity index (χ1n) is 18.3. The van der Waals surface area contributed by atoms with Crippen LogP contribution >= 0.6 is 23.2 Å². The highest BCUT2D eigenvalue weighted by Gasteiger charge is 2.27. The number of amides is 1. The average Bonchev–Trinajstić information content (AvgIpc) is 3.78. The predicted octanol–water partition coefficient (Wildman–Crippen LogP) is 7.46. The van der Waals surface area contributed by atoms with E-state index >= 15 is 0 Å². The Hall–Kier alpha value is -4.80. The van der Waals surface area contributed by atoms with Gasteiger partial charge in [-0.25, -0.2) is 18.7 Å². The van der Waals surface area contributed by atoms with E-state index in [2.05, 4.69) is 40.9 Å². The molecule has 5 heterocycles. The number of aryl methyl sites for hydroxylation is 1. The number of nitrogens with zero attached hydrogens (tertiary/aromatic N) is 6. The molecule has 0 spiro atoms. The Morgan fingerprint density at radius 1 is 1.02 bits per heavy atom. The number of carbonyl (C=O) groups is 2. The Morgan fingerprint density at radius 3 is 2.45 bits per heavy atom. The van der Waals surface area contributed by atoms with Crippen LogP contribution in [0.25, 0.3) is 22.2 Å². The molecule has 0 saturated carbocycles. The molecule has 0 unspecified atom stereocenters. The van der Waals surface area contributed by atoms with Gasteiger partial charge in [0.05, 0.1) is 45.3 Å². The number of β-amino-alcohol motifs (C(OH)–C–C–N with tert-alkyl or cyclic N) is 1. The number of rotatable bonds is 11. The number of pyridine rings is 1. The molecule has 3 aromatic heterocycles. The van der Waals surface area contributed by atoms with Crippen LogP contribution in [0, 0.1) is 0 Å². The van der Waals surface area contributed by atoms with Gasteiger partial charge in [-0.1, -0.05) is 47.5 Å². The van der Waals surface area contributed by atoms with E-state index in [1.165, 1.54) is 0 Å². The molecule has 2 aliphatic rings. The van der Waals surface area contributed by atoms with Gasteiger partial charge in [-0.05, 0) is 69.9 Å². The third kappa shape index (κ3) is 8.92. The average molecular weight is 809 g/mol. The van der Waals surface area contributed by atoms with Crippen LogP contribution in [0.1, 0.15) is 80.1 Å². The molecule has 1 amide bonds. The minimum Gasteiger partial charge on any atom is -0.459 e. The maximum atomic E-state index is 14.0. The van der Waals surface area contributed by atoms with E-state index in [4.69, 9.17) is 27.9 Å². The number of hydrogen-bond donors (Lipinski definition) is 4. The molecule has 0 radical (unpaired) electrons. The third-order valence-electron chi connectivity index (χ3n) is 9.42. The van der Waals surface area contributed by atoms with E-state index in [-0.39, 0.29) is 51.1 Å². The van der Waals surface area contributed by atoms with E-state index in [0.717, 1.165) is 30.6 Å². The van der Waals surface area contributed by atoms with Gasteiger partial charge in [-0.2, -0.15) is 5.10 Å². The zero-order valence-electron chi connectivity index (χ0n) is 31.0. The second-order valence-corrected chi connectivity index (χ2v) is 15.6. The number of carbonyl (C=O) groups excluding carboxylic acids is 2. The van der Waals surface area contributed by atoms with E-state index in [1.807, 2.05) is 20.8 Å². The molecule has 0 bridgehead atoms. The number of aliphatic hydroxyl groups is 1. The molecule has 0 aliphatic carbocycles. The zero-order chi connectivity index (χ0) is 39.7. The number of nitrogens with one attached hydrogen (secondary N) is 3. The van der Waals surface area contributed by atoms with Crippen molar-refractivity contribution in [3.8, 4) is 11.1 Å². The molecule has 13 nitrogen and oxygen atoms in total. The molecule has 1 fully saturated rings. The summed E-state index contributed by atoms with van der Waals surface area (Å²) in [6.07, 6.45) is 0.555. The van der Waals surface area contributed by atoms with Crippen molar-refractivity contribution in [2.45, 2.75) is 77.3 Å². The van der Waals surface area contributed by atoms with Gasteiger partial charge in [-0.3, -0.25) is 29.5 Å². The van der Waals surface area contributed by atoms with Crippen LogP contribution in [0.3, 0.4) is 0 Å². The van der Waals surface area contributed by atoms with Crippen molar-refractivity contribution in [3.63, 3.8) is 0 Å². The fraction of sp³-hybridized carbons (Fsp3) is 0.385. The largest absolute Gasteiger partial charge is 0.459 e. The standard InChI is InChI=1S/C39H41Cl2F2N9O4/c1-39(2,3)56-31(54)18-44-25-11-6-13-52-30(25)16-29(50-52)38(55)48-27-10-5-8-24(33(27)41)23-7-4-9-26(32(23)40)46-36-34-28(47-37(49-36)35(42)43)15-21(17-45-34)19-51-14-12-22(53)20-51/h4-5,7-10,15-17,22,25,35,44,53H,6,11-14,18-20H2,1-3H3,(H,48,55)(H,46,47,49)/t22-,25+/m1/s1. The molecule has 4 N–H and O–H groups in total. The maximum absolute atomic E-state index is 14.0. The number of esters is 1. The van der Waals surface area contributed by atoms with E-state index < -0.39 is 29.9 Å². The topological polar surface area (TPSA) is 159 Å². The molecule has 2 atom stereocenters. The minimum atomic E-state index is -2.94. The monoisotopic (exact) mass is 807 g/mol. The van der Waals surface area contributed by atoms with E-state index in [0.29, 0.717) is 48.6 Å². The highest BCUT2D eigenvalue weighted by Crippen LogP contribution is 2.41. The first-order chi connectivity index (χ1) is 26.7. The zero-order valence-corrected chi connectivity index (χ0v) is 32.5. The number of alkyl halides is 2. The summed E-state index contributed by atoms with van der Waals surface area (Å²) in [6, 6.07) is 13.5. The van der Waals surface area contributed by atoms with Gasteiger partial charge in [0.15, 0.2) is 17.3 Å². The molecule has 56 heavy (non-hydrogen) atoms. The smallest absolute Gasteiger partial charge is 0.320 e. The van der Waals surface area contributed by atoms with Crippen LogP contribution in [0.5, 0.6) is 0 Å². The SMILES string of the molecule is CC(C)(C)OC(=O)CN[C@H]1CCCn2nc(C(=O)Nc3cccc(-c4cccc(Nc5nc(C(F)F)nc6cc(CN7CC[C@@H](O)C7)cnc56)c4Cl)c3Cl)cc21. The second kappa shape index (κ2) is 16.4. The van der Waals surface area contributed by atoms with Crippen LogP contribution in [-0.2, 0) is 22.6 Å². The molecular weight excluding hydrogens is 767 g/mol. The number of halogens is 4. The molecule has 2 aliphatic heterocycles. The van der Waals surface area contributed by atoms with Crippen molar-refractivity contribution >= 4 is 63.3 Å². The van der Waals surface area contributed by atoms with Crippen LogP contribution in [0.4, 0.5) is 26.0 Å². The number of anilines is 3. The Bertz CT molecular complexity index is 2280. The summed E-state index contributed by atoms with van der Waals surface area (Å²) >= 11 is 13.9. The molecular formula is C39H41Cl2F2N9O4. The lowest BCUT2D eigenvalue weighted by Crippen LogP contribution is -2.35. The number of fused-ring (bicyclic) bond motifs is 2. The van der Waals surface area contributed by atoms with Gasteiger partial charge in [0.25, 0.3) is 12.3 Å². The van der Waals surface area contributed by atoms with Crippen LogP contribution in [-0.4, -0.2) is 78.0 Å². The Kier molecular flexibility index (Phi) is 11.5. The van der Waals surface area contributed by atoms with Gasteiger partial charge in [0, 0.05) is 49.5 Å². The summed E-state index contributed by atoms with van der Waals surface area (Å²) in [6.45, 7) is 7.81. The van der Waals surface area contributed by atoms with Crippen molar-refractivity contribution in [2.75, 3.05) is 30.3 Å². The summed E-state index contributed by atoms with van der Waals surface area (Å²) in [4.78, 5) is 40.6. The van der Waals surface area contributed by atoms with Gasteiger partial charge in [0.1, 0.15) is 11.1 Å². The molecule has 17 heteroatoms. The quantitative estimate of drug-likeness (QED) is 0.0982. The fourth-order valence-electron chi connectivity index (χ4n) is 6.94. The Morgan fingerprint density at radius 2 is 1.75 bits per heavy atom. The molecule has 2 aromatic carbocycles. The number of benzene rings is 2. The van der Waals surface area contributed by atoms with Gasteiger partial charge in [-0.15, -0.1) is 0 Å². The second-order valence-electron chi connectivity index (χ2n) is 14.9. The Balaban J connectivity index is 1.10. The van der Waals surface area contributed by atoms with Crippen LogP contribution < -0.4 is 16.0 Å². The Labute approximate surface area is 331 Å². The number of hydrogen-bond acceptors (Lipinski definition) is 11. The predicted molar refractivity (Wildman–Crippen MR) is 209 cm³/mol. The van der Waals surface area contributed by atoms with Crippen molar-refractivity contribution in [3.05, 3.63) is 87.5 Å². The summed E-state index contributed by atoms with van der Waals surface area (Å²) in [5.74, 6) is -1.46. The van der Waals surface area contributed by atoms with Crippen LogP contribution in [0.15, 0.2) is 54.7 Å². The molecule has 5 aromatic rings. The first-order valence-corrected chi connectivity index (χ1v) is 19.0. The summed E-state index contributed by atoms with van der Waals surface area (Å²) in [7, 11) is 0. The first kappa shape index (κ1) is 39.4. The van der Waals surface area contributed by atoms with Crippen molar-refractivity contribution in [1.29, 1.82) is 0 Å². The van der Waals surface area contributed by atoms with Crippen molar-refractivity contribution in [1.82, 2.24) is 34.9 Å². The summed E-state index contributed by atoms with van der Waals surface area (Å²) in [5, 5.41) is 24.1. The highest BCUT2D eigenvalue weighted by molar-refractivity contribution is 6.39. The van der Waals surface area contributed by atoms with Crippen molar-refractivity contribution in [2.24, 2.45) is 0 Å². The number of aromatic nitrogens is 5. The normalized spacial score (nSPS) is 17.3. The number of aliphatic hydroxyl groups excluding tert-OH is 1. The maximum Gasteiger partial charge on any atom is 0.320 e. The van der Waals surface area contributed by atoms with Crippen LogP contribution in [0.2, 0.25) is 10.0 Å². The lowest BCUT2D eigenvalue weighted by molar-refractivity contribution is -0.153. The van der Waals surface area contributed by atoms with E-state index in [1.54, 1.807) is 59.4 Å². The van der Waals surface area contributed by atoms with Gasteiger partial charge < -0.3 is 20.5 Å². The van der Waals surface area contributed by atoms with Gasteiger partial charge >= 0.3 is 5.97 Å². The minimum absolute atomic E-state index is 0.0203. The van der Waals surface area contributed by atoms with E-state index in [9.17, 15) is 23.5 Å². The molecule has 294 valence electrons. The molecule has 1 saturated heterocycles. The van der Waals surface area contributed by atoms with Crippen molar-refractivity contribution < 1.29 is 28.2 Å². The highest BCUT2D eigenvalue weighted by atomic mass is 35.5. The number of likely N-dealkylation sites (tertiary alicyclic amines) is 1. The third-order valence-corrected chi connectivity index (χ3v) is 10.2. The fourth-order valence-corrected chi connectivity index (χ4v) is 7.49. The molecule has 7 rings (SSSR count). The summed E-state index contributed by atoms with van der Waals surface area (Å²) < 4.78 is 35.2. The summed E-state index contributed by atoms with van der Waals surface area (Å²) in [5.41, 5.74) is 3.34. The number of ether oxygens (including phenoxy) is 1. The lowest BCUT2D eigenvalue weighted by Gasteiger charge is -2.25. The lowest BCUT2D eigenvalue weighted by atomic mass is 10.0. The van der Waals surface area contributed by atoms with Gasteiger partial charge in [0.2, 0.25) is 0 Å².